The van der Waals surface area contributed by atoms with E-state index in [-0.39, 0.29) is 0 Å². The van der Waals surface area contributed by atoms with E-state index in [2.05, 4.69) is 6.07 Å². The Balaban J connectivity index is 2.46. The van der Waals surface area contributed by atoms with Gasteiger partial charge in [0.25, 0.3) is 0 Å². The number of nitriles is 1. The molecule has 0 N–H and O–H groups in total. The molecule has 0 fully saturated rings. The lowest BCUT2D eigenvalue weighted by Crippen LogP contribution is -1.84. The molecule has 0 amide bonds. The van der Waals surface area contributed by atoms with Crippen molar-refractivity contribution in [3.8, 4) is 17.2 Å². The molecule has 78 valence electrons. The van der Waals surface area contributed by atoms with Crippen molar-refractivity contribution < 1.29 is 0 Å². The van der Waals surface area contributed by atoms with E-state index in [4.69, 9.17) is 16.9 Å². The highest BCUT2D eigenvalue weighted by atomic mass is 35.5. The van der Waals surface area contributed by atoms with Gasteiger partial charge in [0.1, 0.15) is 0 Å². The minimum Gasteiger partial charge on any atom is -0.198 e. The SMILES string of the molecule is N#CCc1cc(Cl)cc(-c2ccccc2)c1. The Labute approximate surface area is 99.9 Å². The molecular formula is C14H10ClN. The molecule has 0 heterocycles. The van der Waals surface area contributed by atoms with Gasteiger partial charge in [-0.05, 0) is 28.8 Å². The minimum atomic E-state index is 0.389. The Hall–Kier alpha value is -1.78. The number of benzene rings is 2. The Morgan fingerprint density at radius 1 is 1.00 bits per heavy atom. The molecule has 0 atom stereocenters. The molecule has 0 radical (unpaired) electrons. The van der Waals surface area contributed by atoms with Crippen molar-refractivity contribution in [3.63, 3.8) is 0 Å². The number of rotatable bonds is 2. The standard InChI is InChI=1S/C14H10ClN/c15-14-9-11(6-7-16)8-13(10-14)12-4-2-1-3-5-12/h1-5,8-10H,6H2. The van der Waals surface area contributed by atoms with Gasteiger partial charge in [0.05, 0.1) is 12.5 Å². The third kappa shape index (κ3) is 2.42. The summed E-state index contributed by atoms with van der Waals surface area (Å²) in [4.78, 5) is 0. The van der Waals surface area contributed by atoms with Crippen molar-refractivity contribution in [2.45, 2.75) is 6.42 Å². The van der Waals surface area contributed by atoms with Crippen LogP contribution in [0.4, 0.5) is 0 Å². The van der Waals surface area contributed by atoms with Gasteiger partial charge in [-0.25, -0.2) is 0 Å². The normalized spacial score (nSPS) is 9.75. The van der Waals surface area contributed by atoms with Gasteiger partial charge in [-0.15, -0.1) is 0 Å². The van der Waals surface area contributed by atoms with Crippen LogP contribution >= 0.6 is 11.6 Å². The Morgan fingerprint density at radius 3 is 2.44 bits per heavy atom. The number of hydrogen-bond acceptors (Lipinski definition) is 1. The summed E-state index contributed by atoms with van der Waals surface area (Å²) in [6.07, 6.45) is 0.389. The summed E-state index contributed by atoms with van der Waals surface area (Å²) < 4.78 is 0. The molecule has 0 saturated carbocycles. The largest absolute Gasteiger partial charge is 0.198 e. The fraction of sp³-hybridized carbons (Fsp3) is 0.0714. The first-order valence-electron chi connectivity index (χ1n) is 5.01. The molecule has 0 saturated heterocycles. The van der Waals surface area contributed by atoms with E-state index in [0.717, 1.165) is 16.7 Å². The van der Waals surface area contributed by atoms with Gasteiger partial charge in [-0.1, -0.05) is 48.0 Å². The zero-order valence-corrected chi connectivity index (χ0v) is 9.41. The van der Waals surface area contributed by atoms with E-state index in [1.807, 2.05) is 48.5 Å². The van der Waals surface area contributed by atoms with Crippen LogP contribution in [0.3, 0.4) is 0 Å². The van der Waals surface area contributed by atoms with Crippen molar-refractivity contribution in [2.24, 2.45) is 0 Å². The fourth-order valence-electron chi connectivity index (χ4n) is 1.64. The molecule has 0 aliphatic carbocycles. The quantitative estimate of drug-likeness (QED) is 0.759. The van der Waals surface area contributed by atoms with Crippen LogP contribution in [0.15, 0.2) is 48.5 Å². The monoisotopic (exact) mass is 227 g/mol. The van der Waals surface area contributed by atoms with E-state index >= 15 is 0 Å². The van der Waals surface area contributed by atoms with Gasteiger partial charge in [-0.2, -0.15) is 5.26 Å². The minimum absolute atomic E-state index is 0.389. The van der Waals surface area contributed by atoms with Gasteiger partial charge in [0.15, 0.2) is 0 Å². The van der Waals surface area contributed by atoms with Crippen LogP contribution in [0.1, 0.15) is 5.56 Å². The second kappa shape index (κ2) is 4.83. The Bertz CT molecular complexity index is 526. The number of halogens is 1. The highest BCUT2D eigenvalue weighted by Crippen LogP contribution is 2.24. The lowest BCUT2D eigenvalue weighted by Gasteiger charge is -2.04. The van der Waals surface area contributed by atoms with Gasteiger partial charge in [-0.3, -0.25) is 0 Å². The molecule has 2 heteroatoms. The fourth-order valence-corrected chi connectivity index (χ4v) is 1.90. The van der Waals surface area contributed by atoms with E-state index in [9.17, 15) is 0 Å². The highest BCUT2D eigenvalue weighted by molar-refractivity contribution is 6.31. The molecule has 0 aliphatic rings. The van der Waals surface area contributed by atoms with Crippen LogP contribution in [0, 0.1) is 11.3 Å². The molecule has 16 heavy (non-hydrogen) atoms. The Morgan fingerprint density at radius 2 is 1.75 bits per heavy atom. The lowest BCUT2D eigenvalue weighted by atomic mass is 10.0. The van der Waals surface area contributed by atoms with Crippen LogP contribution in [0.5, 0.6) is 0 Å². The molecule has 1 nitrogen and oxygen atoms in total. The average molecular weight is 228 g/mol. The zero-order valence-electron chi connectivity index (χ0n) is 8.65. The van der Waals surface area contributed by atoms with Gasteiger partial charge in [0, 0.05) is 5.02 Å². The van der Waals surface area contributed by atoms with E-state index in [0.29, 0.717) is 11.4 Å². The molecule has 0 bridgehead atoms. The van der Waals surface area contributed by atoms with Crippen LogP contribution in [-0.4, -0.2) is 0 Å². The Kier molecular flexibility index (Phi) is 3.24. The topological polar surface area (TPSA) is 23.8 Å². The average Bonchev–Trinajstić information content (AvgIpc) is 2.30. The predicted molar refractivity (Wildman–Crippen MR) is 66.2 cm³/mol. The first-order chi connectivity index (χ1) is 7.79. The summed E-state index contributed by atoms with van der Waals surface area (Å²) in [6, 6.07) is 17.9. The van der Waals surface area contributed by atoms with Crippen LogP contribution in [-0.2, 0) is 6.42 Å². The molecule has 2 rings (SSSR count). The molecule has 0 spiro atoms. The molecule has 2 aromatic rings. The van der Waals surface area contributed by atoms with Crippen LogP contribution < -0.4 is 0 Å². The van der Waals surface area contributed by atoms with Crippen LogP contribution in [0.2, 0.25) is 5.02 Å². The number of hydrogen-bond donors (Lipinski definition) is 0. The smallest absolute Gasteiger partial charge is 0.0669 e. The first-order valence-corrected chi connectivity index (χ1v) is 5.39. The van der Waals surface area contributed by atoms with Crippen molar-refractivity contribution in [1.29, 1.82) is 5.26 Å². The zero-order chi connectivity index (χ0) is 11.4. The maximum Gasteiger partial charge on any atom is 0.0669 e. The van der Waals surface area contributed by atoms with Gasteiger partial charge >= 0.3 is 0 Å². The third-order valence-corrected chi connectivity index (χ3v) is 2.57. The van der Waals surface area contributed by atoms with E-state index in [1.165, 1.54) is 0 Å². The first kappa shape index (κ1) is 10.7. The highest BCUT2D eigenvalue weighted by Gasteiger charge is 2.01. The lowest BCUT2D eigenvalue weighted by molar-refractivity contribution is 1.26. The maximum atomic E-state index is 8.68. The van der Waals surface area contributed by atoms with Gasteiger partial charge in [0.2, 0.25) is 0 Å². The van der Waals surface area contributed by atoms with E-state index in [1.54, 1.807) is 0 Å². The van der Waals surface area contributed by atoms with Crippen molar-refractivity contribution in [1.82, 2.24) is 0 Å². The summed E-state index contributed by atoms with van der Waals surface area (Å²) in [5.74, 6) is 0. The van der Waals surface area contributed by atoms with Crippen molar-refractivity contribution in [2.75, 3.05) is 0 Å². The second-order valence-electron chi connectivity index (χ2n) is 3.55. The van der Waals surface area contributed by atoms with Crippen molar-refractivity contribution >= 4 is 11.6 Å². The van der Waals surface area contributed by atoms with E-state index < -0.39 is 0 Å². The second-order valence-corrected chi connectivity index (χ2v) is 3.99. The summed E-state index contributed by atoms with van der Waals surface area (Å²) in [6.45, 7) is 0. The summed E-state index contributed by atoms with van der Waals surface area (Å²) in [7, 11) is 0. The maximum absolute atomic E-state index is 8.68. The van der Waals surface area contributed by atoms with Crippen LogP contribution in [0.25, 0.3) is 11.1 Å². The summed E-state index contributed by atoms with van der Waals surface area (Å²) in [5.41, 5.74) is 3.12. The van der Waals surface area contributed by atoms with Crippen molar-refractivity contribution in [3.05, 3.63) is 59.1 Å². The molecule has 0 aliphatic heterocycles. The molecular weight excluding hydrogens is 218 g/mol. The molecule has 0 aromatic heterocycles. The third-order valence-electron chi connectivity index (χ3n) is 2.35. The number of nitrogens with zero attached hydrogens (tertiary/aromatic N) is 1. The molecule has 0 unspecified atom stereocenters. The summed E-state index contributed by atoms with van der Waals surface area (Å²) >= 11 is 6.03. The molecule has 2 aromatic carbocycles. The van der Waals surface area contributed by atoms with Gasteiger partial charge < -0.3 is 0 Å². The predicted octanol–water partition coefficient (Wildman–Crippen LogP) is 4.07. The summed E-state index contributed by atoms with van der Waals surface area (Å²) in [5, 5.41) is 9.35.